The van der Waals surface area contributed by atoms with Crippen molar-refractivity contribution in [2.45, 2.75) is 19.5 Å². The van der Waals surface area contributed by atoms with Crippen molar-refractivity contribution in [1.82, 2.24) is 14.7 Å². The number of nitrogens with zero attached hydrogens (tertiary/aromatic N) is 3. The molecule has 0 atom stereocenters. The van der Waals surface area contributed by atoms with E-state index in [1.165, 1.54) is 0 Å². The van der Waals surface area contributed by atoms with Crippen molar-refractivity contribution in [2.24, 2.45) is 0 Å². The molecule has 0 aliphatic rings. The van der Waals surface area contributed by atoms with Gasteiger partial charge in [0.2, 0.25) is 0 Å². The zero-order valence-electron chi connectivity index (χ0n) is 11.0. The van der Waals surface area contributed by atoms with Crippen LogP contribution in [0.3, 0.4) is 0 Å². The fourth-order valence-electron chi connectivity index (χ4n) is 1.99. The van der Waals surface area contributed by atoms with Gasteiger partial charge in [0.1, 0.15) is 5.75 Å². The Morgan fingerprint density at radius 1 is 1.37 bits per heavy atom. The van der Waals surface area contributed by atoms with Gasteiger partial charge in [-0.2, -0.15) is 5.10 Å². The molecule has 0 saturated heterocycles. The molecular formula is C14H18ClN3O. The van der Waals surface area contributed by atoms with Gasteiger partial charge < -0.3 is 10.0 Å². The van der Waals surface area contributed by atoms with Crippen molar-refractivity contribution in [3.8, 4) is 5.75 Å². The Morgan fingerprint density at radius 2 is 2.21 bits per heavy atom. The number of phenols is 1. The molecule has 1 aromatic heterocycles. The summed E-state index contributed by atoms with van der Waals surface area (Å²) in [6, 6.07) is 7.28. The van der Waals surface area contributed by atoms with Gasteiger partial charge in [-0.15, -0.1) is 0 Å². The van der Waals surface area contributed by atoms with E-state index in [-0.39, 0.29) is 5.75 Å². The van der Waals surface area contributed by atoms with Crippen LogP contribution in [0, 0.1) is 0 Å². The summed E-state index contributed by atoms with van der Waals surface area (Å²) in [6.45, 7) is 2.59. The molecule has 0 radical (unpaired) electrons. The third-order valence-corrected chi connectivity index (χ3v) is 3.42. The second-order valence-corrected chi connectivity index (χ2v) is 4.99. The van der Waals surface area contributed by atoms with Crippen LogP contribution in [0.2, 0.25) is 5.02 Å². The van der Waals surface area contributed by atoms with Gasteiger partial charge in [0.15, 0.2) is 0 Å². The lowest BCUT2D eigenvalue weighted by Crippen LogP contribution is -2.20. The Bertz CT molecular complexity index is 513. The van der Waals surface area contributed by atoms with Gasteiger partial charge in [-0.05, 0) is 37.7 Å². The Labute approximate surface area is 118 Å². The number of hydrogen-bond donors (Lipinski definition) is 1. The topological polar surface area (TPSA) is 41.3 Å². The minimum atomic E-state index is 0.143. The Hall–Kier alpha value is -1.52. The van der Waals surface area contributed by atoms with Crippen molar-refractivity contribution < 1.29 is 5.11 Å². The van der Waals surface area contributed by atoms with Crippen LogP contribution >= 0.6 is 11.6 Å². The number of benzene rings is 1. The van der Waals surface area contributed by atoms with E-state index in [2.05, 4.69) is 10.00 Å². The summed E-state index contributed by atoms with van der Waals surface area (Å²) >= 11 is 6.06. The van der Waals surface area contributed by atoms with E-state index in [9.17, 15) is 5.11 Å². The molecule has 1 heterocycles. The first-order valence-corrected chi connectivity index (χ1v) is 6.67. The number of aromatic nitrogens is 2. The normalized spacial score (nSPS) is 11.1. The first-order valence-electron chi connectivity index (χ1n) is 6.29. The fraction of sp³-hybridized carbons (Fsp3) is 0.357. The van der Waals surface area contributed by atoms with E-state index in [0.29, 0.717) is 5.02 Å². The molecule has 2 rings (SSSR count). The first-order chi connectivity index (χ1) is 9.16. The molecule has 0 saturated carbocycles. The molecular weight excluding hydrogens is 262 g/mol. The highest BCUT2D eigenvalue weighted by Gasteiger charge is 2.07. The highest BCUT2D eigenvalue weighted by molar-refractivity contribution is 6.32. The van der Waals surface area contributed by atoms with E-state index in [4.69, 9.17) is 11.6 Å². The predicted octanol–water partition coefficient (Wildman–Crippen LogP) is 2.76. The largest absolute Gasteiger partial charge is 0.506 e. The number of hydrogen-bond acceptors (Lipinski definition) is 3. The SMILES string of the molecule is CN(CCCn1cccn1)Cc1cccc(O)c1Cl. The molecule has 1 N–H and O–H groups in total. The average Bonchev–Trinajstić information content (AvgIpc) is 2.88. The lowest BCUT2D eigenvalue weighted by Gasteiger charge is -2.17. The lowest BCUT2D eigenvalue weighted by molar-refractivity contribution is 0.311. The van der Waals surface area contributed by atoms with E-state index >= 15 is 0 Å². The second-order valence-electron chi connectivity index (χ2n) is 4.61. The van der Waals surface area contributed by atoms with Crippen LogP contribution in [0.15, 0.2) is 36.7 Å². The molecule has 2 aromatic rings. The second kappa shape index (κ2) is 6.59. The Morgan fingerprint density at radius 3 is 2.95 bits per heavy atom. The summed E-state index contributed by atoms with van der Waals surface area (Å²) in [5.41, 5.74) is 0.947. The van der Waals surface area contributed by atoms with Crippen LogP contribution in [-0.2, 0) is 13.1 Å². The summed E-state index contributed by atoms with van der Waals surface area (Å²) in [6.07, 6.45) is 4.77. The van der Waals surface area contributed by atoms with Gasteiger partial charge in [-0.3, -0.25) is 4.68 Å². The number of halogens is 1. The van der Waals surface area contributed by atoms with Gasteiger partial charge in [-0.25, -0.2) is 0 Å². The zero-order chi connectivity index (χ0) is 13.7. The summed E-state index contributed by atoms with van der Waals surface area (Å²) in [5, 5.41) is 14.2. The molecule has 0 spiro atoms. The molecule has 4 nitrogen and oxygen atoms in total. The maximum absolute atomic E-state index is 9.55. The van der Waals surface area contributed by atoms with Crippen molar-refractivity contribution in [1.29, 1.82) is 0 Å². The summed E-state index contributed by atoms with van der Waals surface area (Å²) in [4.78, 5) is 2.18. The van der Waals surface area contributed by atoms with Crippen molar-refractivity contribution >= 4 is 11.6 Å². The van der Waals surface area contributed by atoms with Crippen LogP contribution < -0.4 is 0 Å². The van der Waals surface area contributed by atoms with Crippen LogP contribution in [0.5, 0.6) is 5.75 Å². The molecule has 5 heteroatoms. The molecule has 1 aromatic carbocycles. The molecule has 0 aliphatic heterocycles. The maximum atomic E-state index is 9.55. The molecule has 0 fully saturated rings. The lowest BCUT2D eigenvalue weighted by atomic mass is 10.2. The van der Waals surface area contributed by atoms with Crippen LogP contribution in [0.25, 0.3) is 0 Å². The minimum absolute atomic E-state index is 0.143. The van der Waals surface area contributed by atoms with Gasteiger partial charge in [-0.1, -0.05) is 23.7 Å². The number of phenolic OH excluding ortho intramolecular Hbond substituents is 1. The van der Waals surface area contributed by atoms with Crippen LogP contribution in [0.1, 0.15) is 12.0 Å². The molecule has 0 bridgehead atoms. The summed E-state index contributed by atoms with van der Waals surface area (Å²) in [5.74, 6) is 0.143. The Kier molecular flexibility index (Phi) is 4.82. The average molecular weight is 280 g/mol. The highest BCUT2D eigenvalue weighted by atomic mass is 35.5. The summed E-state index contributed by atoms with van der Waals surface area (Å²) < 4.78 is 1.93. The van der Waals surface area contributed by atoms with Gasteiger partial charge in [0.05, 0.1) is 5.02 Å². The molecule has 0 unspecified atom stereocenters. The first kappa shape index (κ1) is 13.9. The fourth-order valence-corrected chi connectivity index (χ4v) is 2.18. The summed E-state index contributed by atoms with van der Waals surface area (Å²) in [7, 11) is 2.05. The van der Waals surface area contributed by atoms with E-state index in [1.807, 2.05) is 36.1 Å². The molecule has 19 heavy (non-hydrogen) atoms. The van der Waals surface area contributed by atoms with E-state index < -0.39 is 0 Å². The van der Waals surface area contributed by atoms with Crippen LogP contribution in [0.4, 0.5) is 0 Å². The molecule has 0 aliphatic carbocycles. The van der Waals surface area contributed by atoms with Crippen molar-refractivity contribution in [3.63, 3.8) is 0 Å². The van der Waals surface area contributed by atoms with Crippen LogP contribution in [-0.4, -0.2) is 33.4 Å². The minimum Gasteiger partial charge on any atom is -0.506 e. The quantitative estimate of drug-likeness (QED) is 0.884. The van der Waals surface area contributed by atoms with Crippen molar-refractivity contribution in [3.05, 3.63) is 47.2 Å². The third-order valence-electron chi connectivity index (χ3n) is 2.98. The molecule has 102 valence electrons. The van der Waals surface area contributed by atoms with Gasteiger partial charge >= 0.3 is 0 Å². The molecule has 0 amide bonds. The van der Waals surface area contributed by atoms with Gasteiger partial charge in [0, 0.05) is 25.5 Å². The zero-order valence-corrected chi connectivity index (χ0v) is 11.7. The number of aromatic hydroxyl groups is 1. The number of rotatable bonds is 6. The predicted molar refractivity (Wildman–Crippen MR) is 76.3 cm³/mol. The van der Waals surface area contributed by atoms with Gasteiger partial charge in [0.25, 0.3) is 0 Å². The van der Waals surface area contributed by atoms with E-state index in [0.717, 1.165) is 31.6 Å². The number of aryl methyl sites for hydroxylation is 1. The Balaban J connectivity index is 1.80. The third kappa shape index (κ3) is 3.98. The maximum Gasteiger partial charge on any atom is 0.134 e. The van der Waals surface area contributed by atoms with E-state index in [1.54, 1.807) is 12.3 Å². The highest BCUT2D eigenvalue weighted by Crippen LogP contribution is 2.27. The monoisotopic (exact) mass is 279 g/mol. The smallest absolute Gasteiger partial charge is 0.134 e. The van der Waals surface area contributed by atoms with Crippen molar-refractivity contribution in [2.75, 3.05) is 13.6 Å². The standard InChI is InChI=1S/C14H18ClN3O/c1-17(8-4-10-18-9-3-7-16-18)11-12-5-2-6-13(19)14(12)15/h2-3,5-7,9,19H,4,8,10-11H2,1H3.